The van der Waals surface area contributed by atoms with Crippen LogP contribution in [0.1, 0.15) is 25.7 Å². The maximum atomic E-state index is 11.8. The number of hydrogen-bond acceptors (Lipinski definition) is 3. The first-order valence-corrected chi connectivity index (χ1v) is 6.56. The van der Waals surface area contributed by atoms with E-state index >= 15 is 0 Å². The average molecular weight is 221 g/mol. The Labute approximate surface area is 95.9 Å². The van der Waals surface area contributed by atoms with Crippen LogP contribution in [0.25, 0.3) is 0 Å². The number of carbonyl (C=O) groups is 1. The van der Waals surface area contributed by atoms with Crippen LogP contribution in [-0.2, 0) is 9.53 Å². The fourth-order valence-corrected chi connectivity index (χ4v) is 5.12. The summed E-state index contributed by atoms with van der Waals surface area (Å²) in [5, 5.41) is 3.40. The predicted octanol–water partition coefficient (Wildman–Crippen LogP) is 1.18. The smallest absolute Gasteiger partial charge is 0.323 e. The molecule has 5 atom stereocenters. The van der Waals surface area contributed by atoms with Gasteiger partial charge in [0.2, 0.25) is 0 Å². The molecular weight excluding hydrogens is 202 g/mol. The molecule has 2 bridgehead atoms. The fraction of sp³-hybridized carbons (Fsp3) is 0.923. The van der Waals surface area contributed by atoms with E-state index in [1.165, 1.54) is 32.8 Å². The largest absolute Gasteiger partial charge is 0.468 e. The Balaban J connectivity index is 1.65. The minimum atomic E-state index is -0.0316. The van der Waals surface area contributed by atoms with Gasteiger partial charge in [-0.3, -0.25) is 4.79 Å². The molecule has 1 heterocycles. The van der Waals surface area contributed by atoms with Crippen molar-refractivity contribution in [2.75, 3.05) is 13.7 Å². The highest BCUT2D eigenvalue weighted by molar-refractivity contribution is 5.76. The number of esters is 1. The van der Waals surface area contributed by atoms with Crippen molar-refractivity contribution >= 4 is 5.97 Å². The summed E-state index contributed by atoms with van der Waals surface area (Å²) >= 11 is 0. The number of nitrogens with one attached hydrogen (secondary N) is 1. The summed E-state index contributed by atoms with van der Waals surface area (Å²) in [6.07, 6.45) is 5.69. The van der Waals surface area contributed by atoms with Crippen molar-refractivity contribution < 1.29 is 9.53 Å². The Kier molecular flexibility index (Phi) is 1.66. The van der Waals surface area contributed by atoms with Crippen molar-refractivity contribution in [3.05, 3.63) is 0 Å². The van der Waals surface area contributed by atoms with Gasteiger partial charge in [0, 0.05) is 0 Å². The zero-order valence-electron chi connectivity index (χ0n) is 9.74. The summed E-state index contributed by atoms with van der Waals surface area (Å²) in [4.78, 5) is 11.8. The van der Waals surface area contributed by atoms with Gasteiger partial charge >= 0.3 is 5.97 Å². The lowest BCUT2D eigenvalue weighted by Gasteiger charge is -2.33. The standard InChI is InChI=1S/C13H19NO2/c1-16-12(15)11-10-8(6-14-11)7-4-9(10)13(5-7)2-3-13/h7-11,14H,2-6H2,1H3/t7-,8+,9-,10+,11-/m0/s1. The first-order valence-electron chi connectivity index (χ1n) is 6.56. The highest BCUT2D eigenvalue weighted by Gasteiger charge is 2.68. The van der Waals surface area contributed by atoms with Gasteiger partial charge in [0.05, 0.1) is 7.11 Å². The Morgan fingerprint density at radius 2 is 2.25 bits per heavy atom. The lowest BCUT2D eigenvalue weighted by atomic mass is 9.71. The van der Waals surface area contributed by atoms with Crippen molar-refractivity contribution in [2.24, 2.45) is 29.1 Å². The topological polar surface area (TPSA) is 38.3 Å². The number of rotatable bonds is 1. The molecule has 1 spiro atoms. The van der Waals surface area contributed by atoms with E-state index in [-0.39, 0.29) is 12.0 Å². The number of carbonyl (C=O) groups excluding carboxylic acids is 1. The third-order valence-corrected chi connectivity index (χ3v) is 5.88. The monoisotopic (exact) mass is 221 g/mol. The van der Waals surface area contributed by atoms with E-state index in [0.29, 0.717) is 11.3 Å². The van der Waals surface area contributed by atoms with Crippen LogP contribution in [0.15, 0.2) is 0 Å². The summed E-state index contributed by atoms with van der Waals surface area (Å²) in [5.74, 6) is 3.05. The molecule has 0 aromatic heterocycles. The molecule has 3 heteroatoms. The summed E-state index contributed by atoms with van der Waals surface area (Å²) in [7, 11) is 1.51. The molecule has 1 saturated heterocycles. The van der Waals surface area contributed by atoms with E-state index in [9.17, 15) is 4.79 Å². The second-order valence-corrected chi connectivity index (χ2v) is 6.32. The molecule has 1 aliphatic heterocycles. The summed E-state index contributed by atoms with van der Waals surface area (Å²) in [6, 6.07) is 0.00257. The fourth-order valence-electron chi connectivity index (χ4n) is 5.12. The van der Waals surface area contributed by atoms with Gasteiger partial charge in [0.1, 0.15) is 6.04 Å². The van der Waals surface area contributed by atoms with Crippen LogP contribution in [0.4, 0.5) is 0 Å². The molecule has 4 rings (SSSR count). The van der Waals surface area contributed by atoms with Gasteiger partial charge in [0.15, 0.2) is 0 Å². The molecule has 0 unspecified atom stereocenters. The normalized spacial score (nSPS) is 50.7. The molecule has 0 radical (unpaired) electrons. The SMILES string of the molecule is COC(=O)[C@H]1NC[C@@H]2[C@H]3C[C@@H]([C@@H]21)C1(CC1)C3. The van der Waals surface area contributed by atoms with Crippen LogP contribution < -0.4 is 5.32 Å². The third-order valence-electron chi connectivity index (χ3n) is 5.88. The van der Waals surface area contributed by atoms with Gasteiger partial charge in [-0.2, -0.15) is 0 Å². The average Bonchev–Trinajstić information content (AvgIpc) is 2.67. The van der Waals surface area contributed by atoms with E-state index < -0.39 is 0 Å². The maximum Gasteiger partial charge on any atom is 0.323 e. The van der Waals surface area contributed by atoms with Gasteiger partial charge in [-0.25, -0.2) is 0 Å². The predicted molar refractivity (Wildman–Crippen MR) is 58.7 cm³/mol. The van der Waals surface area contributed by atoms with Crippen LogP contribution in [0, 0.1) is 29.1 Å². The van der Waals surface area contributed by atoms with Gasteiger partial charge in [0.25, 0.3) is 0 Å². The molecule has 0 amide bonds. The molecule has 16 heavy (non-hydrogen) atoms. The van der Waals surface area contributed by atoms with Crippen LogP contribution in [0.5, 0.6) is 0 Å². The molecule has 3 saturated carbocycles. The molecular formula is C13H19NO2. The van der Waals surface area contributed by atoms with Gasteiger partial charge in [-0.05, 0) is 61.3 Å². The van der Waals surface area contributed by atoms with Crippen LogP contribution >= 0.6 is 0 Å². The van der Waals surface area contributed by atoms with Gasteiger partial charge < -0.3 is 10.1 Å². The molecule has 0 aromatic rings. The molecule has 0 aromatic carbocycles. The van der Waals surface area contributed by atoms with Crippen LogP contribution in [0.3, 0.4) is 0 Å². The van der Waals surface area contributed by atoms with Crippen molar-refractivity contribution in [2.45, 2.75) is 31.7 Å². The van der Waals surface area contributed by atoms with E-state index in [0.717, 1.165) is 24.3 Å². The summed E-state index contributed by atoms with van der Waals surface area (Å²) < 4.78 is 4.94. The van der Waals surface area contributed by atoms with Crippen molar-refractivity contribution in [1.82, 2.24) is 5.32 Å². The van der Waals surface area contributed by atoms with Crippen LogP contribution in [0.2, 0.25) is 0 Å². The zero-order chi connectivity index (χ0) is 10.9. The lowest BCUT2D eigenvalue weighted by Crippen LogP contribution is -2.41. The highest BCUT2D eigenvalue weighted by atomic mass is 16.5. The Morgan fingerprint density at radius 3 is 2.94 bits per heavy atom. The first kappa shape index (κ1) is 9.46. The third kappa shape index (κ3) is 0.963. The molecule has 4 fully saturated rings. The van der Waals surface area contributed by atoms with Crippen molar-refractivity contribution in [3.63, 3.8) is 0 Å². The summed E-state index contributed by atoms with van der Waals surface area (Å²) in [5.41, 5.74) is 0.671. The van der Waals surface area contributed by atoms with Crippen molar-refractivity contribution in [1.29, 1.82) is 0 Å². The first-order chi connectivity index (χ1) is 7.75. The maximum absolute atomic E-state index is 11.8. The minimum absolute atomic E-state index is 0.00257. The van der Waals surface area contributed by atoms with E-state index in [4.69, 9.17) is 4.74 Å². The van der Waals surface area contributed by atoms with Gasteiger partial charge in [-0.1, -0.05) is 0 Å². The Hall–Kier alpha value is -0.570. The van der Waals surface area contributed by atoms with Gasteiger partial charge in [-0.15, -0.1) is 0 Å². The molecule has 4 aliphatic rings. The lowest BCUT2D eigenvalue weighted by molar-refractivity contribution is -0.144. The molecule has 88 valence electrons. The van der Waals surface area contributed by atoms with E-state index in [1.807, 2.05) is 0 Å². The van der Waals surface area contributed by atoms with Crippen molar-refractivity contribution in [3.8, 4) is 0 Å². The van der Waals surface area contributed by atoms with E-state index in [2.05, 4.69) is 5.32 Å². The second kappa shape index (κ2) is 2.81. The Bertz CT molecular complexity index is 350. The molecule has 3 aliphatic carbocycles. The second-order valence-electron chi connectivity index (χ2n) is 6.32. The zero-order valence-corrected chi connectivity index (χ0v) is 9.74. The minimum Gasteiger partial charge on any atom is -0.468 e. The highest BCUT2D eigenvalue weighted by Crippen LogP contribution is 2.72. The van der Waals surface area contributed by atoms with Crippen LogP contribution in [-0.4, -0.2) is 25.7 Å². The molecule has 1 N–H and O–H groups in total. The number of ether oxygens (including phenoxy) is 1. The quantitative estimate of drug-likeness (QED) is 0.676. The number of methoxy groups -OCH3 is 1. The van der Waals surface area contributed by atoms with E-state index in [1.54, 1.807) is 0 Å². The molecule has 3 nitrogen and oxygen atoms in total. The number of hydrogen-bond donors (Lipinski definition) is 1. The Morgan fingerprint density at radius 1 is 1.44 bits per heavy atom. The number of fused-ring (bicyclic) bond motifs is 6. The summed E-state index contributed by atoms with van der Waals surface area (Å²) in [6.45, 7) is 1.04.